The number of halogens is 1. The summed E-state index contributed by atoms with van der Waals surface area (Å²) in [6.45, 7) is 0. The molecule has 2 aromatic heterocycles. The molecule has 0 aliphatic heterocycles. The van der Waals surface area contributed by atoms with Crippen LogP contribution in [-0.2, 0) is 0 Å². The molecule has 1 aliphatic rings. The third kappa shape index (κ3) is 3.66. The third-order valence-electron chi connectivity index (χ3n) is 4.20. The second-order valence-corrected chi connectivity index (χ2v) is 6.32. The number of pyridine rings is 2. The molecule has 2 aromatic rings. The Morgan fingerprint density at radius 3 is 2.71 bits per heavy atom. The Labute approximate surface area is 144 Å². The molecule has 2 N–H and O–H groups in total. The maximum absolute atomic E-state index is 12.5. The first-order chi connectivity index (χ1) is 11.6. The topological polar surface area (TPSA) is 84.3 Å². The zero-order chi connectivity index (χ0) is 17.1. The number of rotatable bonds is 5. The molecule has 1 fully saturated rings. The Morgan fingerprint density at radius 2 is 2.04 bits per heavy atom. The van der Waals surface area contributed by atoms with Crippen LogP contribution in [0, 0.1) is 5.92 Å². The second kappa shape index (κ2) is 7.15. The number of nitrogens with zero attached hydrogens (tertiary/aromatic N) is 2. The van der Waals surface area contributed by atoms with Crippen LogP contribution < -0.4 is 10.1 Å². The molecule has 1 amide bonds. The van der Waals surface area contributed by atoms with Crippen LogP contribution in [0.25, 0.3) is 0 Å². The Bertz CT molecular complexity index is 735. The molecule has 1 aliphatic carbocycles. The van der Waals surface area contributed by atoms with Gasteiger partial charge in [-0.2, -0.15) is 0 Å². The van der Waals surface area contributed by atoms with E-state index in [1.54, 1.807) is 25.6 Å². The van der Waals surface area contributed by atoms with E-state index in [9.17, 15) is 9.90 Å². The number of methoxy groups -OCH3 is 1. The van der Waals surface area contributed by atoms with Crippen LogP contribution in [0.5, 0.6) is 5.75 Å². The fraction of sp³-hybridized carbons (Fsp3) is 0.353. The van der Waals surface area contributed by atoms with E-state index in [1.165, 1.54) is 12.4 Å². The number of hydrogen-bond acceptors (Lipinski definition) is 5. The average molecular weight is 348 g/mol. The maximum atomic E-state index is 12.5. The molecule has 1 saturated carbocycles. The van der Waals surface area contributed by atoms with Crippen molar-refractivity contribution in [1.82, 2.24) is 15.3 Å². The predicted octanol–water partition coefficient (Wildman–Crippen LogP) is 2.38. The van der Waals surface area contributed by atoms with Crippen molar-refractivity contribution >= 4 is 17.5 Å². The molecular weight excluding hydrogens is 330 g/mol. The second-order valence-electron chi connectivity index (χ2n) is 5.89. The molecular formula is C17H18ClN3O3. The molecule has 1 atom stereocenters. The quantitative estimate of drug-likeness (QED) is 0.867. The molecule has 2 heterocycles. The number of nitrogens with one attached hydrogen (secondary N) is 1. The molecule has 0 radical (unpaired) electrons. The standard InChI is InChI=1S/C17H18ClN3O3/c1-24-15-5-11(6-20-9-15)16(10-3-14(22)4-10)21-17(23)12-2-13(18)8-19-7-12/h2,5-10,14,16,22H,3-4H2,1H3,(H,21,23)/t10?,14?,16-/m0/s1. The van der Waals surface area contributed by atoms with Crippen molar-refractivity contribution in [2.24, 2.45) is 5.92 Å². The molecule has 6 nitrogen and oxygen atoms in total. The van der Waals surface area contributed by atoms with Gasteiger partial charge < -0.3 is 15.2 Å². The summed E-state index contributed by atoms with van der Waals surface area (Å²) in [7, 11) is 1.57. The first-order valence-corrected chi connectivity index (χ1v) is 8.03. The lowest BCUT2D eigenvalue weighted by molar-refractivity contribution is 0.0234. The highest BCUT2D eigenvalue weighted by Crippen LogP contribution is 2.38. The van der Waals surface area contributed by atoms with Gasteiger partial charge in [0.25, 0.3) is 5.91 Å². The molecule has 126 valence electrons. The fourth-order valence-corrected chi connectivity index (χ4v) is 3.03. The predicted molar refractivity (Wildman–Crippen MR) is 89.0 cm³/mol. The van der Waals surface area contributed by atoms with Crippen LogP contribution in [-0.4, -0.2) is 34.2 Å². The Morgan fingerprint density at radius 1 is 1.29 bits per heavy atom. The SMILES string of the molecule is COc1cncc([C@@H](NC(=O)c2cncc(Cl)c2)C2CC(O)C2)c1. The minimum atomic E-state index is -0.319. The van der Waals surface area contributed by atoms with Gasteiger partial charge >= 0.3 is 0 Å². The number of hydrogen-bond donors (Lipinski definition) is 2. The van der Waals surface area contributed by atoms with E-state index in [1.807, 2.05) is 6.07 Å². The van der Waals surface area contributed by atoms with Gasteiger partial charge in [0.05, 0.1) is 36.0 Å². The lowest BCUT2D eigenvalue weighted by Crippen LogP contribution is -2.41. The maximum Gasteiger partial charge on any atom is 0.253 e. The monoisotopic (exact) mass is 347 g/mol. The van der Waals surface area contributed by atoms with E-state index in [4.69, 9.17) is 16.3 Å². The molecule has 0 bridgehead atoms. The molecule has 7 heteroatoms. The zero-order valence-electron chi connectivity index (χ0n) is 13.1. The first-order valence-electron chi connectivity index (χ1n) is 7.65. The van der Waals surface area contributed by atoms with Crippen molar-refractivity contribution in [3.63, 3.8) is 0 Å². The number of aliphatic hydroxyl groups is 1. The highest BCUT2D eigenvalue weighted by molar-refractivity contribution is 6.30. The third-order valence-corrected chi connectivity index (χ3v) is 4.41. The summed E-state index contributed by atoms with van der Waals surface area (Å²) in [6.07, 6.45) is 7.21. The largest absolute Gasteiger partial charge is 0.495 e. The van der Waals surface area contributed by atoms with Gasteiger partial charge in [-0.25, -0.2) is 0 Å². The first kappa shape index (κ1) is 16.7. The normalized spacial score (nSPS) is 20.8. The van der Waals surface area contributed by atoms with Gasteiger partial charge in [0.15, 0.2) is 0 Å². The van der Waals surface area contributed by atoms with Gasteiger partial charge in [-0.3, -0.25) is 14.8 Å². The summed E-state index contributed by atoms with van der Waals surface area (Å²) < 4.78 is 5.21. The highest BCUT2D eigenvalue weighted by Gasteiger charge is 2.36. The Kier molecular flexibility index (Phi) is 4.97. The molecule has 0 unspecified atom stereocenters. The van der Waals surface area contributed by atoms with Gasteiger partial charge in [-0.1, -0.05) is 11.6 Å². The van der Waals surface area contributed by atoms with Crippen molar-refractivity contribution < 1.29 is 14.6 Å². The molecule has 3 rings (SSSR count). The van der Waals surface area contributed by atoms with Crippen LogP contribution in [0.15, 0.2) is 36.9 Å². The lowest BCUT2D eigenvalue weighted by Gasteiger charge is -2.38. The summed E-state index contributed by atoms with van der Waals surface area (Å²) in [5.74, 6) is 0.500. The van der Waals surface area contributed by atoms with Crippen molar-refractivity contribution in [2.75, 3.05) is 7.11 Å². The summed E-state index contributed by atoms with van der Waals surface area (Å²) in [5, 5.41) is 13.0. The molecule has 0 spiro atoms. The molecule has 0 aromatic carbocycles. The van der Waals surface area contributed by atoms with Crippen LogP contribution in [0.2, 0.25) is 5.02 Å². The van der Waals surface area contributed by atoms with E-state index < -0.39 is 0 Å². The van der Waals surface area contributed by atoms with Crippen molar-refractivity contribution in [3.05, 3.63) is 53.1 Å². The number of aromatic nitrogens is 2. The van der Waals surface area contributed by atoms with Gasteiger partial charge in [0.2, 0.25) is 0 Å². The Balaban J connectivity index is 1.83. The summed E-state index contributed by atoms with van der Waals surface area (Å²) in [5.41, 5.74) is 1.23. The highest BCUT2D eigenvalue weighted by atomic mass is 35.5. The van der Waals surface area contributed by atoms with E-state index >= 15 is 0 Å². The summed E-state index contributed by atoms with van der Waals surface area (Å²) >= 11 is 5.90. The number of carbonyl (C=O) groups is 1. The van der Waals surface area contributed by atoms with E-state index in [0.717, 1.165) is 5.56 Å². The van der Waals surface area contributed by atoms with E-state index in [2.05, 4.69) is 15.3 Å². The fourth-order valence-electron chi connectivity index (χ4n) is 2.85. The van der Waals surface area contributed by atoms with Crippen molar-refractivity contribution in [1.29, 1.82) is 0 Å². The van der Waals surface area contributed by atoms with E-state index in [-0.39, 0.29) is 24.0 Å². The van der Waals surface area contributed by atoms with Crippen LogP contribution in [0.3, 0.4) is 0 Å². The zero-order valence-corrected chi connectivity index (χ0v) is 13.9. The lowest BCUT2D eigenvalue weighted by atomic mass is 9.75. The van der Waals surface area contributed by atoms with Gasteiger partial charge in [-0.05, 0) is 36.5 Å². The summed E-state index contributed by atoms with van der Waals surface area (Å²) in [6, 6.07) is 3.15. The van der Waals surface area contributed by atoms with Crippen LogP contribution >= 0.6 is 11.6 Å². The van der Waals surface area contributed by atoms with Gasteiger partial charge in [0.1, 0.15) is 5.75 Å². The van der Waals surface area contributed by atoms with Crippen molar-refractivity contribution in [2.45, 2.75) is 25.0 Å². The van der Waals surface area contributed by atoms with E-state index in [0.29, 0.717) is 29.2 Å². The smallest absolute Gasteiger partial charge is 0.253 e. The molecule has 24 heavy (non-hydrogen) atoms. The minimum absolute atomic E-state index is 0.144. The average Bonchev–Trinajstić information content (AvgIpc) is 2.57. The minimum Gasteiger partial charge on any atom is -0.495 e. The number of carbonyl (C=O) groups excluding carboxylic acids is 1. The number of amides is 1. The van der Waals surface area contributed by atoms with Crippen molar-refractivity contribution in [3.8, 4) is 5.75 Å². The van der Waals surface area contributed by atoms with Crippen LogP contribution in [0.4, 0.5) is 0 Å². The number of ether oxygens (including phenoxy) is 1. The van der Waals surface area contributed by atoms with Crippen LogP contribution in [0.1, 0.15) is 34.8 Å². The molecule has 0 saturated heterocycles. The number of aliphatic hydroxyl groups excluding tert-OH is 1. The summed E-state index contributed by atoms with van der Waals surface area (Å²) in [4.78, 5) is 20.6. The van der Waals surface area contributed by atoms with Gasteiger partial charge in [0, 0.05) is 18.6 Å². The van der Waals surface area contributed by atoms with Gasteiger partial charge in [-0.15, -0.1) is 0 Å². The Hall–Kier alpha value is -2.18.